The third kappa shape index (κ3) is 2.22. The third-order valence-corrected chi connectivity index (χ3v) is 2.60. The van der Waals surface area contributed by atoms with Crippen LogP contribution in [0.3, 0.4) is 0 Å². The van der Waals surface area contributed by atoms with E-state index in [9.17, 15) is 15.3 Å². The molecular weight excluding hydrogens is 190 g/mol. The van der Waals surface area contributed by atoms with Gasteiger partial charge in [0.2, 0.25) is 0 Å². The van der Waals surface area contributed by atoms with Crippen molar-refractivity contribution in [3.05, 3.63) is 0 Å². The molecule has 5 N–H and O–H groups in total. The molecule has 6 nitrogen and oxygen atoms in total. The predicted octanol–water partition coefficient (Wildman–Crippen LogP) is -3.26. The van der Waals surface area contributed by atoms with Crippen LogP contribution in [0.1, 0.15) is 0 Å². The van der Waals surface area contributed by atoms with Gasteiger partial charge < -0.3 is 25.5 Å². The Morgan fingerprint density at radius 2 is 1.71 bits per heavy atom. The van der Waals surface area contributed by atoms with Crippen molar-refractivity contribution in [3.8, 4) is 0 Å². The maximum absolute atomic E-state index is 9.51. The number of aliphatic hydroxyl groups is 5. The van der Waals surface area contributed by atoms with Crippen LogP contribution in [0.25, 0.3) is 0 Å². The Balaban J connectivity index is 2.66. The van der Waals surface area contributed by atoms with Gasteiger partial charge in [0.15, 0.2) is 0 Å². The molecule has 84 valence electrons. The minimum Gasteiger partial charge on any atom is -0.395 e. The fourth-order valence-electron chi connectivity index (χ4n) is 1.76. The first-order chi connectivity index (χ1) is 6.61. The van der Waals surface area contributed by atoms with E-state index in [2.05, 4.69) is 0 Å². The van der Waals surface area contributed by atoms with E-state index in [-0.39, 0.29) is 26.3 Å². The average Bonchev–Trinajstić information content (AvgIpc) is 2.16. The Morgan fingerprint density at radius 3 is 2.21 bits per heavy atom. The summed E-state index contributed by atoms with van der Waals surface area (Å²) < 4.78 is 0. The molecule has 14 heavy (non-hydrogen) atoms. The number of β-amino-alcohol motifs (C(OH)–C–C–N with tert-alkyl or cyclic N) is 2. The monoisotopic (exact) mass is 207 g/mol. The van der Waals surface area contributed by atoms with Gasteiger partial charge in [-0.2, -0.15) is 0 Å². The van der Waals surface area contributed by atoms with E-state index in [1.54, 1.807) is 4.90 Å². The molecule has 1 saturated heterocycles. The maximum Gasteiger partial charge on any atom is 0.109 e. The minimum atomic E-state index is -1.23. The highest BCUT2D eigenvalue weighted by Gasteiger charge is 2.40. The van der Waals surface area contributed by atoms with Gasteiger partial charge in [0.05, 0.1) is 25.4 Å². The first-order valence-electron chi connectivity index (χ1n) is 4.61. The summed E-state index contributed by atoms with van der Waals surface area (Å²) in [6.45, 7) is -0.0347. The molecule has 3 unspecified atom stereocenters. The van der Waals surface area contributed by atoms with Crippen molar-refractivity contribution in [1.82, 2.24) is 4.90 Å². The van der Waals surface area contributed by atoms with Gasteiger partial charge in [-0.15, -0.1) is 0 Å². The van der Waals surface area contributed by atoms with Gasteiger partial charge in [-0.25, -0.2) is 0 Å². The zero-order chi connectivity index (χ0) is 10.7. The predicted molar refractivity (Wildman–Crippen MR) is 47.6 cm³/mol. The lowest BCUT2D eigenvalue weighted by Crippen LogP contribution is -2.62. The molecule has 0 aromatic carbocycles. The van der Waals surface area contributed by atoms with E-state index in [4.69, 9.17) is 10.2 Å². The van der Waals surface area contributed by atoms with Gasteiger partial charge in [-0.05, 0) is 0 Å². The quantitative estimate of drug-likeness (QED) is 0.333. The van der Waals surface area contributed by atoms with Gasteiger partial charge in [0.25, 0.3) is 0 Å². The molecule has 6 heteroatoms. The summed E-state index contributed by atoms with van der Waals surface area (Å²) in [5, 5.41) is 45.9. The molecule has 0 radical (unpaired) electrons. The Bertz CT molecular complexity index is 179. The van der Waals surface area contributed by atoms with E-state index in [1.165, 1.54) is 0 Å². The standard InChI is InChI=1S/C8H17NO5/c10-2-1-9-3-6(12)8(14)7(13)5(9)4-11/h5-8,10-14H,1-4H2/t5?,6?,7-,8?/m0/s1. The topological polar surface area (TPSA) is 104 Å². The van der Waals surface area contributed by atoms with Gasteiger partial charge in [0.1, 0.15) is 12.2 Å². The Hall–Kier alpha value is -0.240. The SMILES string of the molecule is OCCN1CC(O)C(O)[C@@H](O)C1CO. The van der Waals surface area contributed by atoms with Crippen LogP contribution >= 0.6 is 0 Å². The summed E-state index contributed by atoms with van der Waals surface area (Å²) in [6.07, 6.45) is -3.46. The van der Waals surface area contributed by atoms with E-state index < -0.39 is 24.4 Å². The van der Waals surface area contributed by atoms with Crippen molar-refractivity contribution in [2.24, 2.45) is 0 Å². The van der Waals surface area contributed by atoms with Crippen molar-refractivity contribution >= 4 is 0 Å². The minimum absolute atomic E-state index is 0.119. The van der Waals surface area contributed by atoms with Crippen molar-refractivity contribution in [2.75, 3.05) is 26.3 Å². The van der Waals surface area contributed by atoms with Crippen LogP contribution in [0.4, 0.5) is 0 Å². The molecular formula is C8H17NO5. The second kappa shape index (κ2) is 5.01. The highest BCUT2D eigenvalue weighted by molar-refractivity contribution is 4.93. The lowest BCUT2D eigenvalue weighted by atomic mass is 9.94. The fourth-order valence-corrected chi connectivity index (χ4v) is 1.76. The van der Waals surface area contributed by atoms with Crippen LogP contribution < -0.4 is 0 Å². The highest BCUT2D eigenvalue weighted by Crippen LogP contribution is 2.18. The summed E-state index contributed by atoms with van der Waals surface area (Å²) in [5.74, 6) is 0. The number of nitrogens with zero attached hydrogens (tertiary/aromatic N) is 1. The van der Waals surface area contributed by atoms with Crippen LogP contribution in [0.2, 0.25) is 0 Å². The first-order valence-corrected chi connectivity index (χ1v) is 4.61. The molecule has 0 amide bonds. The van der Waals surface area contributed by atoms with E-state index in [1.807, 2.05) is 0 Å². The second-order valence-electron chi connectivity index (χ2n) is 3.52. The maximum atomic E-state index is 9.51. The summed E-state index contributed by atoms with van der Waals surface area (Å²) in [6, 6.07) is -0.624. The number of piperidine rings is 1. The lowest BCUT2D eigenvalue weighted by Gasteiger charge is -2.42. The van der Waals surface area contributed by atoms with Crippen LogP contribution in [0.5, 0.6) is 0 Å². The third-order valence-electron chi connectivity index (χ3n) is 2.60. The zero-order valence-electron chi connectivity index (χ0n) is 7.82. The van der Waals surface area contributed by atoms with Crippen LogP contribution in [0.15, 0.2) is 0 Å². The summed E-state index contributed by atoms with van der Waals surface area (Å²) in [4.78, 5) is 1.56. The first kappa shape index (κ1) is 11.8. The Kier molecular flexibility index (Phi) is 4.24. The molecule has 1 rings (SSSR count). The molecule has 0 saturated carbocycles. The Labute approximate surface area is 82.0 Å². The van der Waals surface area contributed by atoms with Gasteiger partial charge >= 0.3 is 0 Å². The molecule has 1 aliphatic heterocycles. The molecule has 1 aliphatic rings. The highest BCUT2D eigenvalue weighted by atomic mass is 16.4. The second-order valence-corrected chi connectivity index (χ2v) is 3.52. The molecule has 0 aliphatic carbocycles. The zero-order valence-corrected chi connectivity index (χ0v) is 7.82. The Morgan fingerprint density at radius 1 is 1.07 bits per heavy atom. The normalized spacial score (nSPS) is 40.1. The molecule has 1 heterocycles. The van der Waals surface area contributed by atoms with Crippen molar-refractivity contribution < 1.29 is 25.5 Å². The molecule has 1 fully saturated rings. The van der Waals surface area contributed by atoms with Gasteiger partial charge in [0, 0.05) is 13.1 Å². The largest absolute Gasteiger partial charge is 0.395 e. The number of hydrogen-bond acceptors (Lipinski definition) is 6. The smallest absolute Gasteiger partial charge is 0.109 e. The summed E-state index contributed by atoms with van der Waals surface area (Å²) in [5.41, 5.74) is 0. The molecule has 0 spiro atoms. The van der Waals surface area contributed by atoms with Gasteiger partial charge in [-0.3, -0.25) is 4.90 Å². The van der Waals surface area contributed by atoms with E-state index in [0.29, 0.717) is 0 Å². The summed E-state index contributed by atoms with van der Waals surface area (Å²) in [7, 11) is 0. The van der Waals surface area contributed by atoms with E-state index >= 15 is 0 Å². The summed E-state index contributed by atoms with van der Waals surface area (Å²) >= 11 is 0. The molecule has 4 atom stereocenters. The number of aliphatic hydroxyl groups excluding tert-OH is 5. The fraction of sp³-hybridized carbons (Fsp3) is 1.00. The molecule has 0 aromatic rings. The van der Waals surface area contributed by atoms with Crippen LogP contribution in [-0.2, 0) is 0 Å². The van der Waals surface area contributed by atoms with Crippen molar-refractivity contribution in [3.63, 3.8) is 0 Å². The van der Waals surface area contributed by atoms with Crippen molar-refractivity contribution in [1.29, 1.82) is 0 Å². The van der Waals surface area contributed by atoms with Crippen LogP contribution in [-0.4, -0.2) is 81.1 Å². The van der Waals surface area contributed by atoms with Crippen molar-refractivity contribution in [2.45, 2.75) is 24.4 Å². The lowest BCUT2D eigenvalue weighted by molar-refractivity contribution is -0.146. The average molecular weight is 207 g/mol. The molecule has 0 aromatic heterocycles. The number of rotatable bonds is 3. The number of likely N-dealkylation sites (tertiary alicyclic amines) is 1. The van der Waals surface area contributed by atoms with E-state index in [0.717, 1.165) is 0 Å². The van der Waals surface area contributed by atoms with Gasteiger partial charge in [-0.1, -0.05) is 0 Å². The van der Waals surface area contributed by atoms with Crippen LogP contribution in [0, 0.1) is 0 Å². The molecule has 0 bridgehead atoms. The number of hydrogen-bond donors (Lipinski definition) is 5.